The van der Waals surface area contributed by atoms with E-state index in [2.05, 4.69) is 15.6 Å². The molecular formula is C18H33N7O5S. The molecule has 12 nitrogen and oxygen atoms in total. The highest BCUT2D eigenvalue weighted by Gasteiger charge is 2.35. The van der Waals surface area contributed by atoms with Crippen molar-refractivity contribution in [3.05, 3.63) is 0 Å². The van der Waals surface area contributed by atoms with Crippen molar-refractivity contribution in [1.82, 2.24) is 15.5 Å². The van der Waals surface area contributed by atoms with E-state index < -0.39 is 41.8 Å². The van der Waals surface area contributed by atoms with E-state index in [4.69, 9.17) is 17.2 Å². The van der Waals surface area contributed by atoms with Crippen LogP contribution in [0.25, 0.3) is 0 Å². The molecule has 9 N–H and O–H groups in total. The van der Waals surface area contributed by atoms with E-state index in [0.29, 0.717) is 32.2 Å². The summed E-state index contributed by atoms with van der Waals surface area (Å²) >= 11 is 1.57. The van der Waals surface area contributed by atoms with E-state index >= 15 is 0 Å². The maximum absolute atomic E-state index is 12.6. The van der Waals surface area contributed by atoms with Crippen molar-refractivity contribution < 1.29 is 24.3 Å². The number of nitrogens with zero attached hydrogens (tertiary/aromatic N) is 2. The van der Waals surface area contributed by atoms with Crippen molar-refractivity contribution in [2.45, 2.75) is 50.2 Å². The molecule has 0 aromatic rings. The summed E-state index contributed by atoms with van der Waals surface area (Å²) in [5.74, 6) is -1.91. The maximum atomic E-state index is 12.6. The number of carbonyl (C=O) groups excluding carboxylic acids is 3. The molecule has 3 unspecified atom stereocenters. The van der Waals surface area contributed by atoms with Gasteiger partial charge in [-0.1, -0.05) is 0 Å². The number of carboxylic acids is 1. The van der Waals surface area contributed by atoms with Gasteiger partial charge in [0.25, 0.3) is 0 Å². The third-order valence-corrected chi connectivity index (χ3v) is 5.46. The van der Waals surface area contributed by atoms with Crippen LogP contribution < -0.4 is 27.8 Å². The van der Waals surface area contributed by atoms with Gasteiger partial charge in [-0.3, -0.25) is 19.4 Å². The minimum atomic E-state index is -1.18. The normalized spacial score (nSPS) is 17.5. The van der Waals surface area contributed by atoms with E-state index in [1.165, 1.54) is 4.90 Å². The number of aliphatic carboxylic acids is 1. The number of amides is 3. The van der Waals surface area contributed by atoms with Crippen LogP contribution >= 0.6 is 11.8 Å². The van der Waals surface area contributed by atoms with Gasteiger partial charge in [-0.15, -0.1) is 0 Å². The maximum Gasteiger partial charge on any atom is 0.326 e. The highest BCUT2D eigenvalue weighted by atomic mass is 32.2. The lowest BCUT2D eigenvalue weighted by Crippen LogP contribution is -2.53. The van der Waals surface area contributed by atoms with E-state index in [-0.39, 0.29) is 25.5 Å². The second kappa shape index (κ2) is 13.7. The number of nitrogens with two attached hydrogens (primary N) is 3. The van der Waals surface area contributed by atoms with Crippen LogP contribution in [-0.4, -0.2) is 89.4 Å². The zero-order chi connectivity index (χ0) is 23.4. The van der Waals surface area contributed by atoms with E-state index in [0.717, 1.165) is 5.75 Å². The molecule has 0 spiro atoms. The van der Waals surface area contributed by atoms with Gasteiger partial charge in [0.15, 0.2) is 5.96 Å². The quantitative estimate of drug-likeness (QED) is 0.100. The first-order valence-electron chi connectivity index (χ1n) is 10.1. The summed E-state index contributed by atoms with van der Waals surface area (Å²) in [7, 11) is 0. The summed E-state index contributed by atoms with van der Waals surface area (Å²) in [6.07, 6.45) is 3.93. The summed E-state index contributed by atoms with van der Waals surface area (Å²) in [6.45, 7) is 0.332. The Bertz CT molecular complexity index is 672. The second-order valence-corrected chi connectivity index (χ2v) is 8.18. The Balaban J connectivity index is 2.58. The molecule has 1 heterocycles. The first-order valence-corrected chi connectivity index (χ1v) is 11.5. The minimum absolute atomic E-state index is 0.0895. The lowest BCUT2D eigenvalue weighted by atomic mass is 10.1. The second-order valence-electron chi connectivity index (χ2n) is 7.20. The summed E-state index contributed by atoms with van der Waals surface area (Å²) in [5, 5.41) is 14.4. The number of hydrogen-bond donors (Lipinski definition) is 6. The van der Waals surface area contributed by atoms with Gasteiger partial charge in [0.2, 0.25) is 17.7 Å². The van der Waals surface area contributed by atoms with Crippen LogP contribution in [0.5, 0.6) is 0 Å². The highest BCUT2D eigenvalue weighted by molar-refractivity contribution is 7.98. The molecule has 0 radical (unpaired) electrons. The van der Waals surface area contributed by atoms with Crippen molar-refractivity contribution in [1.29, 1.82) is 0 Å². The zero-order valence-corrected chi connectivity index (χ0v) is 18.5. The Morgan fingerprint density at radius 2 is 1.97 bits per heavy atom. The van der Waals surface area contributed by atoms with Gasteiger partial charge >= 0.3 is 5.97 Å². The third kappa shape index (κ3) is 9.42. The molecule has 0 aliphatic carbocycles. The number of likely N-dealkylation sites (tertiary alicyclic amines) is 1. The molecule has 1 aliphatic rings. The van der Waals surface area contributed by atoms with Gasteiger partial charge in [-0.2, -0.15) is 11.8 Å². The predicted octanol–water partition coefficient (Wildman–Crippen LogP) is -2.20. The first-order chi connectivity index (χ1) is 14.7. The van der Waals surface area contributed by atoms with Gasteiger partial charge < -0.3 is 37.8 Å². The zero-order valence-electron chi connectivity index (χ0n) is 17.7. The SMILES string of the molecule is CSCCC(N)C(=O)NCC(=O)N1CCCC1C(=O)NC(CCCN=C(N)N)C(=O)O. The average Bonchev–Trinajstić information content (AvgIpc) is 3.21. The van der Waals surface area contributed by atoms with Gasteiger partial charge in [0, 0.05) is 13.1 Å². The number of nitrogens with one attached hydrogen (secondary N) is 2. The van der Waals surface area contributed by atoms with Crippen LogP contribution in [0.2, 0.25) is 0 Å². The lowest BCUT2D eigenvalue weighted by molar-refractivity contribution is -0.144. The largest absolute Gasteiger partial charge is 0.480 e. The fraction of sp³-hybridized carbons (Fsp3) is 0.722. The lowest BCUT2D eigenvalue weighted by Gasteiger charge is -2.26. The van der Waals surface area contributed by atoms with Gasteiger partial charge in [-0.25, -0.2) is 4.79 Å². The number of hydrogen-bond acceptors (Lipinski definition) is 7. The Morgan fingerprint density at radius 3 is 2.58 bits per heavy atom. The molecular weight excluding hydrogens is 426 g/mol. The van der Waals surface area contributed by atoms with Crippen molar-refractivity contribution in [2.75, 3.05) is 31.6 Å². The number of thioether (sulfide) groups is 1. The fourth-order valence-electron chi connectivity index (χ4n) is 3.14. The van der Waals surface area contributed by atoms with Crippen molar-refractivity contribution >= 4 is 41.4 Å². The smallest absolute Gasteiger partial charge is 0.326 e. The Labute approximate surface area is 185 Å². The molecule has 3 atom stereocenters. The Kier molecular flexibility index (Phi) is 11.7. The van der Waals surface area contributed by atoms with Crippen molar-refractivity contribution in [3.8, 4) is 0 Å². The monoisotopic (exact) mass is 459 g/mol. The number of carbonyl (C=O) groups is 4. The molecule has 0 bridgehead atoms. The van der Waals surface area contributed by atoms with Crippen LogP contribution in [0.1, 0.15) is 32.1 Å². The van der Waals surface area contributed by atoms with E-state index in [1.807, 2.05) is 6.26 Å². The standard InChI is InChI=1S/C18H33N7O5S/c1-31-9-6-11(19)15(27)23-10-14(26)25-8-3-5-13(25)16(28)24-12(17(29)30)4-2-7-22-18(20)21/h11-13H,2-10,19H2,1H3,(H,23,27)(H,24,28)(H,29,30)(H4,20,21,22). The average molecular weight is 460 g/mol. The number of guanidine groups is 1. The molecule has 13 heteroatoms. The molecule has 176 valence electrons. The molecule has 1 aliphatic heterocycles. The molecule has 0 aromatic carbocycles. The van der Waals surface area contributed by atoms with Gasteiger partial charge in [0.05, 0.1) is 12.6 Å². The van der Waals surface area contributed by atoms with Crippen LogP contribution in [0.3, 0.4) is 0 Å². The summed E-state index contributed by atoms with van der Waals surface area (Å²) in [5.41, 5.74) is 16.2. The number of aliphatic imine (C=N–C) groups is 1. The van der Waals surface area contributed by atoms with E-state index in [9.17, 15) is 24.3 Å². The predicted molar refractivity (Wildman–Crippen MR) is 118 cm³/mol. The highest BCUT2D eigenvalue weighted by Crippen LogP contribution is 2.18. The van der Waals surface area contributed by atoms with Crippen LogP contribution in [0.4, 0.5) is 0 Å². The third-order valence-electron chi connectivity index (χ3n) is 4.82. The van der Waals surface area contributed by atoms with E-state index in [1.54, 1.807) is 11.8 Å². The summed E-state index contributed by atoms with van der Waals surface area (Å²) in [6, 6.07) is -2.60. The summed E-state index contributed by atoms with van der Waals surface area (Å²) < 4.78 is 0. The molecule has 0 aromatic heterocycles. The van der Waals surface area contributed by atoms with Crippen molar-refractivity contribution in [2.24, 2.45) is 22.2 Å². The molecule has 31 heavy (non-hydrogen) atoms. The van der Waals surface area contributed by atoms with Crippen molar-refractivity contribution in [3.63, 3.8) is 0 Å². The van der Waals surface area contributed by atoms with Gasteiger partial charge in [0.1, 0.15) is 12.1 Å². The molecule has 3 amide bonds. The molecule has 0 saturated carbocycles. The van der Waals surface area contributed by atoms with Crippen LogP contribution in [-0.2, 0) is 19.2 Å². The van der Waals surface area contributed by atoms with Crippen LogP contribution in [0, 0.1) is 0 Å². The minimum Gasteiger partial charge on any atom is -0.480 e. The summed E-state index contributed by atoms with van der Waals surface area (Å²) in [4.78, 5) is 53.8. The van der Waals surface area contributed by atoms with Crippen LogP contribution in [0.15, 0.2) is 4.99 Å². The molecule has 1 saturated heterocycles. The number of carboxylic acid groups (broad SMARTS) is 1. The fourth-order valence-corrected chi connectivity index (χ4v) is 3.63. The first kappa shape index (κ1) is 26.5. The number of rotatable bonds is 13. The Morgan fingerprint density at radius 1 is 1.26 bits per heavy atom. The molecule has 1 rings (SSSR count). The molecule has 1 fully saturated rings. The van der Waals surface area contributed by atoms with Gasteiger partial charge in [-0.05, 0) is 44.1 Å². The Hall–Kier alpha value is -2.54. The topological polar surface area (TPSA) is 206 Å².